The van der Waals surface area contributed by atoms with Gasteiger partial charge < -0.3 is 15.4 Å². The Balaban J connectivity index is 1.45. The zero-order valence-corrected chi connectivity index (χ0v) is 17.8. The molecule has 1 saturated heterocycles. The Morgan fingerprint density at radius 3 is 2.61 bits per heavy atom. The fourth-order valence-corrected chi connectivity index (χ4v) is 3.41. The third-order valence-electron chi connectivity index (χ3n) is 4.82. The van der Waals surface area contributed by atoms with Crippen molar-refractivity contribution in [2.75, 3.05) is 37.4 Å². The number of nitrogens with one attached hydrogen (secondary N) is 3. The van der Waals surface area contributed by atoms with E-state index in [-0.39, 0.29) is 18.4 Å². The van der Waals surface area contributed by atoms with Crippen molar-refractivity contribution >= 4 is 41.0 Å². The number of carbonyl (C=O) groups excluding carboxylic acids is 3. The number of methoxy groups -OCH3 is 1. The van der Waals surface area contributed by atoms with E-state index in [2.05, 4.69) is 20.9 Å². The Morgan fingerprint density at radius 1 is 1.16 bits per heavy atom. The number of hydrogen-bond acceptors (Lipinski definition) is 6. The quantitative estimate of drug-likeness (QED) is 0.630. The van der Waals surface area contributed by atoms with E-state index in [0.717, 1.165) is 12.8 Å². The van der Waals surface area contributed by atoms with Crippen LogP contribution in [0.15, 0.2) is 42.6 Å². The highest BCUT2D eigenvalue weighted by Gasteiger charge is 2.27. The van der Waals surface area contributed by atoms with E-state index in [1.165, 1.54) is 6.20 Å². The van der Waals surface area contributed by atoms with Gasteiger partial charge in [-0.3, -0.25) is 19.8 Å². The van der Waals surface area contributed by atoms with Gasteiger partial charge in [-0.15, -0.1) is 0 Å². The summed E-state index contributed by atoms with van der Waals surface area (Å²) in [5.41, 5.74) is 0.539. The Kier molecular flexibility index (Phi) is 7.80. The first-order valence-corrected chi connectivity index (χ1v) is 10.2. The Labute approximate surface area is 185 Å². The maximum Gasteiger partial charge on any atom is 0.325 e. The molecule has 1 atom stereocenters. The fraction of sp³-hybridized carbons (Fsp3) is 0.333. The molecule has 0 saturated carbocycles. The maximum atomic E-state index is 12.5. The van der Waals surface area contributed by atoms with E-state index in [4.69, 9.17) is 16.3 Å². The first-order valence-electron chi connectivity index (χ1n) is 9.82. The Morgan fingerprint density at radius 2 is 1.94 bits per heavy atom. The van der Waals surface area contributed by atoms with Crippen LogP contribution in [-0.2, 0) is 9.59 Å². The molecule has 2 aromatic rings. The number of imide groups is 1. The monoisotopic (exact) mass is 445 g/mol. The number of benzene rings is 1. The number of aromatic nitrogens is 1. The minimum Gasteiger partial charge on any atom is -0.497 e. The van der Waals surface area contributed by atoms with Crippen LogP contribution in [0, 0.1) is 5.92 Å². The van der Waals surface area contributed by atoms with E-state index in [1.807, 2.05) is 4.90 Å². The number of urea groups is 1. The molecule has 0 radical (unpaired) electrons. The molecule has 4 amide bonds. The summed E-state index contributed by atoms with van der Waals surface area (Å²) >= 11 is 5.80. The van der Waals surface area contributed by atoms with Crippen molar-refractivity contribution in [3.8, 4) is 5.75 Å². The van der Waals surface area contributed by atoms with Crippen LogP contribution in [-0.4, -0.2) is 54.5 Å². The van der Waals surface area contributed by atoms with Gasteiger partial charge in [0, 0.05) is 18.4 Å². The number of rotatable bonds is 6. The molecule has 164 valence electrons. The number of ether oxygens (including phenoxy) is 1. The van der Waals surface area contributed by atoms with Crippen molar-refractivity contribution in [3.05, 3.63) is 47.6 Å². The van der Waals surface area contributed by atoms with Crippen LogP contribution in [0.4, 0.5) is 16.3 Å². The number of anilines is 2. The lowest BCUT2D eigenvalue weighted by molar-refractivity contribution is -0.125. The highest BCUT2D eigenvalue weighted by Crippen LogP contribution is 2.19. The molecule has 0 bridgehead atoms. The van der Waals surface area contributed by atoms with Crippen LogP contribution in [0.5, 0.6) is 5.75 Å². The van der Waals surface area contributed by atoms with Crippen molar-refractivity contribution in [1.29, 1.82) is 0 Å². The third-order valence-corrected chi connectivity index (χ3v) is 5.05. The molecule has 0 aliphatic carbocycles. The first-order chi connectivity index (χ1) is 14.9. The van der Waals surface area contributed by atoms with Gasteiger partial charge in [0.05, 0.1) is 24.6 Å². The molecule has 0 unspecified atom stereocenters. The predicted molar refractivity (Wildman–Crippen MR) is 117 cm³/mol. The van der Waals surface area contributed by atoms with Gasteiger partial charge in [-0.2, -0.15) is 0 Å². The topological polar surface area (TPSA) is 113 Å². The molecular weight excluding hydrogens is 422 g/mol. The number of carbonyl (C=O) groups is 3. The molecule has 10 heteroatoms. The third kappa shape index (κ3) is 6.94. The second-order valence-corrected chi connectivity index (χ2v) is 7.59. The molecule has 0 spiro atoms. The lowest BCUT2D eigenvalue weighted by atomic mass is 9.97. The van der Waals surface area contributed by atoms with Crippen molar-refractivity contribution in [3.63, 3.8) is 0 Å². The summed E-state index contributed by atoms with van der Waals surface area (Å²) in [4.78, 5) is 42.8. The highest BCUT2D eigenvalue weighted by atomic mass is 35.5. The second-order valence-electron chi connectivity index (χ2n) is 7.16. The number of pyridine rings is 1. The maximum absolute atomic E-state index is 12.5. The van der Waals surface area contributed by atoms with Crippen LogP contribution in [0.25, 0.3) is 0 Å². The molecule has 1 aromatic carbocycles. The fourth-order valence-electron chi connectivity index (χ4n) is 3.30. The number of nitrogens with zero attached hydrogens (tertiary/aromatic N) is 2. The number of likely N-dealkylation sites (tertiary alicyclic amines) is 1. The normalized spacial score (nSPS) is 16.3. The smallest absolute Gasteiger partial charge is 0.325 e. The standard InChI is InChI=1S/C21H24ClN5O4/c1-31-17-7-5-16(6-8-17)24-21(30)26-19(28)13-27-10-2-3-14(12-27)20(29)25-18-9-4-15(22)11-23-18/h4-9,11,14H,2-3,10,12-13H2,1H3,(H,23,25,29)(H2,24,26,28,30)/t14-/m0/s1. The lowest BCUT2D eigenvalue weighted by Crippen LogP contribution is -2.47. The Hall–Kier alpha value is -3.17. The van der Waals surface area contributed by atoms with Gasteiger partial charge in [-0.1, -0.05) is 11.6 Å². The van der Waals surface area contributed by atoms with Crippen LogP contribution >= 0.6 is 11.6 Å². The van der Waals surface area contributed by atoms with Gasteiger partial charge in [0.2, 0.25) is 11.8 Å². The van der Waals surface area contributed by atoms with Crippen LogP contribution < -0.4 is 20.7 Å². The van der Waals surface area contributed by atoms with Crippen molar-refractivity contribution in [1.82, 2.24) is 15.2 Å². The summed E-state index contributed by atoms with van der Waals surface area (Å²) in [6, 6.07) is 9.42. The number of hydrogen-bond donors (Lipinski definition) is 3. The molecule has 1 aromatic heterocycles. The van der Waals surface area contributed by atoms with Gasteiger partial charge in [0.25, 0.3) is 0 Å². The van der Waals surface area contributed by atoms with E-state index in [9.17, 15) is 14.4 Å². The van der Waals surface area contributed by atoms with Crippen LogP contribution in [0.1, 0.15) is 12.8 Å². The first kappa shape index (κ1) is 22.5. The SMILES string of the molecule is COc1ccc(NC(=O)NC(=O)CN2CCC[C@H](C(=O)Nc3ccc(Cl)cn3)C2)cc1. The van der Waals surface area contributed by atoms with E-state index < -0.39 is 11.9 Å². The zero-order chi connectivity index (χ0) is 22.2. The van der Waals surface area contributed by atoms with Gasteiger partial charge in [0.1, 0.15) is 11.6 Å². The highest BCUT2D eigenvalue weighted by molar-refractivity contribution is 6.30. The summed E-state index contributed by atoms with van der Waals surface area (Å²) in [6.45, 7) is 1.13. The van der Waals surface area contributed by atoms with Crippen LogP contribution in [0.3, 0.4) is 0 Å². The second kappa shape index (κ2) is 10.7. The summed E-state index contributed by atoms with van der Waals surface area (Å²) < 4.78 is 5.06. The lowest BCUT2D eigenvalue weighted by Gasteiger charge is -2.31. The Bertz CT molecular complexity index is 920. The molecule has 1 aliphatic heterocycles. The van der Waals surface area contributed by atoms with Crippen LogP contribution in [0.2, 0.25) is 5.02 Å². The average molecular weight is 446 g/mol. The number of halogens is 1. The summed E-state index contributed by atoms with van der Waals surface area (Å²) in [5, 5.41) is 8.16. The molecule has 1 aliphatic rings. The molecule has 2 heterocycles. The summed E-state index contributed by atoms with van der Waals surface area (Å²) in [6.07, 6.45) is 2.96. The van der Waals surface area contributed by atoms with Gasteiger partial charge in [0.15, 0.2) is 0 Å². The molecule has 3 rings (SSSR count). The minimum atomic E-state index is -0.615. The van der Waals surface area contributed by atoms with Gasteiger partial charge in [-0.05, 0) is 55.8 Å². The molecule has 31 heavy (non-hydrogen) atoms. The summed E-state index contributed by atoms with van der Waals surface area (Å²) in [7, 11) is 1.55. The van der Waals surface area contributed by atoms with Gasteiger partial charge >= 0.3 is 6.03 Å². The largest absolute Gasteiger partial charge is 0.497 e. The van der Waals surface area contributed by atoms with E-state index in [1.54, 1.807) is 43.5 Å². The predicted octanol–water partition coefficient (Wildman–Crippen LogP) is 2.74. The van der Waals surface area contributed by atoms with Crippen molar-refractivity contribution in [2.45, 2.75) is 12.8 Å². The molecule has 9 nitrogen and oxygen atoms in total. The molecule has 1 fully saturated rings. The molecule has 3 N–H and O–H groups in total. The molecular formula is C21H24ClN5O4. The average Bonchev–Trinajstić information content (AvgIpc) is 2.76. The summed E-state index contributed by atoms with van der Waals surface area (Å²) in [5.74, 6) is 0.229. The zero-order valence-electron chi connectivity index (χ0n) is 17.1. The van der Waals surface area contributed by atoms with Gasteiger partial charge in [-0.25, -0.2) is 9.78 Å². The number of piperidine rings is 1. The minimum absolute atomic E-state index is 0.0268. The van der Waals surface area contributed by atoms with Crippen molar-refractivity contribution in [2.24, 2.45) is 5.92 Å². The van der Waals surface area contributed by atoms with Crippen molar-refractivity contribution < 1.29 is 19.1 Å². The van der Waals surface area contributed by atoms with E-state index >= 15 is 0 Å². The number of amides is 4. The van der Waals surface area contributed by atoms with E-state index in [0.29, 0.717) is 35.4 Å².